The van der Waals surface area contributed by atoms with Crippen LogP contribution in [-0.2, 0) is 6.42 Å². The number of carboxylic acids is 1. The van der Waals surface area contributed by atoms with Crippen molar-refractivity contribution in [3.63, 3.8) is 0 Å². The monoisotopic (exact) mass is 442 g/mol. The standard InChI is InChI=1S/C23H20Cl2N2O3/c1-30-17-9-6-14(7-10-17)12-15-4-2-3-5-18-21(23(28)29)26-27(22(15)18)20-11-8-16(24)13-19(20)25/h6-13H,2-5H2,1H3,(H,28,29). The van der Waals surface area contributed by atoms with Crippen molar-refractivity contribution in [2.45, 2.75) is 25.7 Å². The lowest BCUT2D eigenvalue weighted by Gasteiger charge is -2.13. The lowest BCUT2D eigenvalue weighted by Crippen LogP contribution is -2.04. The quantitative estimate of drug-likeness (QED) is 0.491. The number of aromatic nitrogens is 2. The zero-order chi connectivity index (χ0) is 21.3. The highest BCUT2D eigenvalue weighted by molar-refractivity contribution is 6.35. The second kappa shape index (κ2) is 8.54. The van der Waals surface area contributed by atoms with E-state index in [0.717, 1.165) is 47.4 Å². The van der Waals surface area contributed by atoms with Crippen LogP contribution in [-0.4, -0.2) is 28.0 Å². The number of hydrogen-bond acceptors (Lipinski definition) is 3. The number of aromatic carboxylic acids is 1. The van der Waals surface area contributed by atoms with Gasteiger partial charge in [0.05, 0.1) is 23.5 Å². The smallest absolute Gasteiger partial charge is 0.356 e. The number of rotatable bonds is 4. The number of allylic oxidation sites excluding steroid dienone is 1. The Morgan fingerprint density at radius 2 is 1.87 bits per heavy atom. The van der Waals surface area contributed by atoms with Gasteiger partial charge in [-0.2, -0.15) is 5.10 Å². The van der Waals surface area contributed by atoms with Crippen LogP contribution in [0.1, 0.15) is 46.6 Å². The van der Waals surface area contributed by atoms with E-state index in [9.17, 15) is 9.90 Å². The van der Waals surface area contributed by atoms with Crippen molar-refractivity contribution in [3.8, 4) is 11.4 Å². The summed E-state index contributed by atoms with van der Waals surface area (Å²) in [5.74, 6) is -0.259. The molecule has 5 nitrogen and oxygen atoms in total. The molecule has 154 valence electrons. The van der Waals surface area contributed by atoms with Gasteiger partial charge in [0.1, 0.15) is 5.75 Å². The summed E-state index contributed by atoms with van der Waals surface area (Å²) in [6.07, 6.45) is 5.41. The number of benzene rings is 2. The highest BCUT2D eigenvalue weighted by atomic mass is 35.5. The summed E-state index contributed by atoms with van der Waals surface area (Å²) in [6, 6.07) is 12.9. The van der Waals surface area contributed by atoms with Gasteiger partial charge in [0, 0.05) is 10.6 Å². The average molecular weight is 443 g/mol. The molecule has 0 saturated heterocycles. The lowest BCUT2D eigenvalue weighted by molar-refractivity contribution is 0.0688. The number of carboxylic acid groups (broad SMARTS) is 1. The van der Waals surface area contributed by atoms with E-state index in [4.69, 9.17) is 27.9 Å². The fraction of sp³-hybridized carbons (Fsp3) is 0.217. The largest absolute Gasteiger partial charge is 0.497 e. The Hall–Kier alpha value is -2.76. The summed E-state index contributed by atoms with van der Waals surface area (Å²) < 4.78 is 6.89. The SMILES string of the molecule is COc1ccc(C=C2CCCCc3c(C(=O)O)nn(-c4ccc(Cl)cc4Cl)c32)cc1. The Kier molecular flexibility index (Phi) is 5.84. The van der Waals surface area contributed by atoms with Crippen molar-refractivity contribution in [1.29, 1.82) is 0 Å². The van der Waals surface area contributed by atoms with Gasteiger partial charge in [0.15, 0.2) is 5.69 Å². The molecule has 7 heteroatoms. The predicted octanol–water partition coefficient (Wildman–Crippen LogP) is 6.15. The number of nitrogens with zero attached hydrogens (tertiary/aromatic N) is 2. The van der Waals surface area contributed by atoms with Gasteiger partial charge in [-0.3, -0.25) is 0 Å². The van der Waals surface area contributed by atoms with Crippen molar-refractivity contribution < 1.29 is 14.6 Å². The first kappa shape index (κ1) is 20.5. The van der Waals surface area contributed by atoms with Crippen LogP contribution in [0, 0.1) is 0 Å². The minimum atomic E-state index is -1.04. The Labute approximate surface area is 184 Å². The molecule has 0 fully saturated rings. The van der Waals surface area contributed by atoms with Gasteiger partial charge in [0.25, 0.3) is 0 Å². The summed E-state index contributed by atoms with van der Waals surface area (Å²) in [5, 5.41) is 15.1. The number of hydrogen-bond donors (Lipinski definition) is 1. The molecular formula is C23H20Cl2N2O3. The lowest BCUT2D eigenvalue weighted by atomic mass is 10.0. The molecule has 1 aliphatic rings. The predicted molar refractivity (Wildman–Crippen MR) is 119 cm³/mol. The van der Waals surface area contributed by atoms with Gasteiger partial charge in [-0.05, 0) is 73.2 Å². The van der Waals surface area contributed by atoms with Gasteiger partial charge in [0.2, 0.25) is 0 Å². The fourth-order valence-corrected chi connectivity index (χ4v) is 4.28. The normalized spacial score (nSPS) is 15.0. The van der Waals surface area contributed by atoms with E-state index in [2.05, 4.69) is 11.2 Å². The van der Waals surface area contributed by atoms with Crippen LogP contribution in [0.2, 0.25) is 10.0 Å². The molecule has 0 aliphatic heterocycles. The summed E-state index contributed by atoms with van der Waals surface area (Å²) in [7, 11) is 1.63. The number of ether oxygens (including phenoxy) is 1. The number of carbonyl (C=O) groups is 1. The van der Waals surface area contributed by atoms with Crippen LogP contribution in [0.15, 0.2) is 42.5 Å². The van der Waals surface area contributed by atoms with E-state index in [-0.39, 0.29) is 5.69 Å². The zero-order valence-corrected chi connectivity index (χ0v) is 17.9. The van der Waals surface area contributed by atoms with E-state index in [0.29, 0.717) is 22.2 Å². The highest BCUT2D eigenvalue weighted by Gasteiger charge is 2.27. The minimum Gasteiger partial charge on any atom is -0.497 e. The van der Waals surface area contributed by atoms with Crippen molar-refractivity contribution in [3.05, 3.63) is 75.0 Å². The number of methoxy groups -OCH3 is 1. The van der Waals surface area contributed by atoms with Crippen LogP contribution in [0.4, 0.5) is 0 Å². The summed E-state index contributed by atoms with van der Waals surface area (Å²) >= 11 is 12.5. The number of fused-ring (bicyclic) bond motifs is 1. The molecule has 0 radical (unpaired) electrons. The van der Waals surface area contributed by atoms with Gasteiger partial charge in [-0.25, -0.2) is 9.48 Å². The Balaban J connectivity index is 1.93. The molecule has 0 saturated carbocycles. The van der Waals surface area contributed by atoms with Gasteiger partial charge in [-0.1, -0.05) is 35.3 Å². The first-order valence-electron chi connectivity index (χ1n) is 9.63. The minimum absolute atomic E-state index is 0.0681. The maximum absolute atomic E-state index is 11.9. The third-order valence-corrected chi connectivity index (χ3v) is 5.75. The maximum Gasteiger partial charge on any atom is 0.356 e. The number of halogens is 2. The van der Waals surface area contributed by atoms with Crippen LogP contribution >= 0.6 is 23.2 Å². The first-order valence-corrected chi connectivity index (χ1v) is 10.4. The molecule has 4 rings (SSSR count). The Morgan fingerprint density at radius 1 is 1.13 bits per heavy atom. The molecule has 1 N–H and O–H groups in total. The molecule has 0 amide bonds. The molecule has 2 aromatic carbocycles. The van der Waals surface area contributed by atoms with Crippen LogP contribution in [0.3, 0.4) is 0 Å². The van der Waals surface area contributed by atoms with E-state index in [1.165, 1.54) is 0 Å². The Bertz CT molecular complexity index is 1130. The molecule has 1 heterocycles. The van der Waals surface area contributed by atoms with E-state index >= 15 is 0 Å². The second-order valence-corrected chi connectivity index (χ2v) is 7.98. The molecule has 0 bridgehead atoms. The molecule has 1 aromatic heterocycles. The molecule has 0 atom stereocenters. The molecule has 30 heavy (non-hydrogen) atoms. The van der Waals surface area contributed by atoms with Crippen LogP contribution in [0.5, 0.6) is 5.75 Å². The maximum atomic E-state index is 11.9. The van der Waals surface area contributed by atoms with Gasteiger partial charge >= 0.3 is 5.97 Å². The summed E-state index contributed by atoms with van der Waals surface area (Å²) in [4.78, 5) is 11.9. The van der Waals surface area contributed by atoms with Gasteiger partial charge in [-0.15, -0.1) is 0 Å². The van der Waals surface area contributed by atoms with Crippen LogP contribution < -0.4 is 4.74 Å². The average Bonchev–Trinajstić information content (AvgIpc) is 2.98. The molecule has 3 aromatic rings. The highest BCUT2D eigenvalue weighted by Crippen LogP contribution is 2.36. The third kappa shape index (κ3) is 3.95. The van der Waals surface area contributed by atoms with E-state index in [1.54, 1.807) is 30.0 Å². The molecule has 0 unspecified atom stereocenters. The van der Waals surface area contributed by atoms with Crippen molar-refractivity contribution in [1.82, 2.24) is 9.78 Å². The second-order valence-electron chi connectivity index (χ2n) is 7.14. The summed E-state index contributed by atoms with van der Waals surface area (Å²) in [6.45, 7) is 0. The summed E-state index contributed by atoms with van der Waals surface area (Å²) in [5.41, 5.74) is 4.24. The molecular weight excluding hydrogens is 423 g/mol. The topological polar surface area (TPSA) is 64.3 Å². The van der Waals surface area contributed by atoms with Crippen molar-refractivity contribution in [2.24, 2.45) is 0 Å². The molecule has 0 spiro atoms. The third-order valence-electron chi connectivity index (χ3n) is 5.21. The van der Waals surface area contributed by atoms with Crippen LogP contribution in [0.25, 0.3) is 17.3 Å². The van der Waals surface area contributed by atoms with Crippen molar-refractivity contribution >= 4 is 40.8 Å². The zero-order valence-electron chi connectivity index (χ0n) is 16.4. The van der Waals surface area contributed by atoms with Gasteiger partial charge < -0.3 is 9.84 Å². The fourth-order valence-electron chi connectivity index (χ4n) is 3.79. The molecule has 1 aliphatic carbocycles. The van der Waals surface area contributed by atoms with Crippen molar-refractivity contribution in [2.75, 3.05) is 7.11 Å². The van der Waals surface area contributed by atoms with E-state index in [1.807, 2.05) is 24.3 Å². The Morgan fingerprint density at radius 3 is 2.53 bits per heavy atom. The first-order chi connectivity index (χ1) is 14.5. The van der Waals surface area contributed by atoms with E-state index < -0.39 is 5.97 Å².